The van der Waals surface area contributed by atoms with Crippen molar-refractivity contribution in [2.75, 3.05) is 67.0 Å². The molecule has 0 spiro atoms. The number of ether oxygens (including phenoxy) is 4. The SMILES string of the molecule is COC(=O)c1ccccc1OCCCl.COC(=O)c1ccccc1OCCN1CCC(N(C)C)CC1. The van der Waals surface area contributed by atoms with E-state index in [4.69, 9.17) is 25.8 Å². The molecular formula is C27H37ClN2O6. The molecule has 1 aliphatic heterocycles. The van der Waals surface area contributed by atoms with Crippen LogP contribution in [0.25, 0.3) is 0 Å². The summed E-state index contributed by atoms with van der Waals surface area (Å²) in [5.41, 5.74) is 0.899. The number of hydrogen-bond donors (Lipinski definition) is 0. The number of piperidine rings is 1. The summed E-state index contributed by atoms with van der Waals surface area (Å²) in [6.07, 6.45) is 2.40. The summed E-state index contributed by atoms with van der Waals surface area (Å²) in [6.45, 7) is 4.04. The second-order valence-electron chi connectivity index (χ2n) is 8.40. The van der Waals surface area contributed by atoms with Gasteiger partial charge in [-0.1, -0.05) is 24.3 Å². The molecule has 0 aliphatic carbocycles. The van der Waals surface area contributed by atoms with Gasteiger partial charge in [0.2, 0.25) is 0 Å². The van der Waals surface area contributed by atoms with Crippen molar-refractivity contribution in [3.8, 4) is 11.5 Å². The van der Waals surface area contributed by atoms with E-state index in [-0.39, 0.29) is 5.97 Å². The fourth-order valence-corrected chi connectivity index (χ4v) is 3.91. The molecule has 0 bridgehead atoms. The summed E-state index contributed by atoms with van der Waals surface area (Å²) in [5.74, 6) is 0.713. The molecule has 36 heavy (non-hydrogen) atoms. The van der Waals surface area contributed by atoms with Crippen molar-refractivity contribution in [1.82, 2.24) is 9.80 Å². The van der Waals surface area contributed by atoms with Gasteiger partial charge < -0.3 is 23.8 Å². The minimum Gasteiger partial charge on any atom is -0.491 e. The zero-order chi connectivity index (χ0) is 26.3. The van der Waals surface area contributed by atoms with Crippen LogP contribution in [0.15, 0.2) is 48.5 Å². The van der Waals surface area contributed by atoms with Crippen molar-refractivity contribution in [3.63, 3.8) is 0 Å². The number of esters is 2. The van der Waals surface area contributed by atoms with E-state index in [9.17, 15) is 9.59 Å². The number of nitrogens with zero attached hydrogens (tertiary/aromatic N) is 2. The lowest BCUT2D eigenvalue weighted by Crippen LogP contribution is -2.43. The van der Waals surface area contributed by atoms with E-state index in [1.165, 1.54) is 27.1 Å². The lowest BCUT2D eigenvalue weighted by Gasteiger charge is -2.35. The summed E-state index contributed by atoms with van der Waals surface area (Å²) in [4.78, 5) is 27.7. The maximum atomic E-state index is 11.7. The second-order valence-corrected chi connectivity index (χ2v) is 8.78. The van der Waals surface area contributed by atoms with E-state index in [2.05, 4.69) is 28.6 Å². The predicted octanol–water partition coefficient (Wildman–Crippen LogP) is 3.97. The fourth-order valence-electron chi connectivity index (χ4n) is 3.83. The van der Waals surface area contributed by atoms with Gasteiger partial charge in [0, 0.05) is 12.6 Å². The third-order valence-electron chi connectivity index (χ3n) is 5.87. The van der Waals surface area contributed by atoms with E-state index in [0.717, 1.165) is 19.6 Å². The first-order valence-electron chi connectivity index (χ1n) is 12.0. The van der Waals surface area contributed by atoms with E-state index >= 15 is 0 Å². The van der Waals surface area contributed by atoms with Crippen molar-refractivity contribution in [2.24, 2.45) is 0 Å². The molecule has 0 unspecified atom stereocenters. The summed E-state index contributed by atoms with van der Waals surface area (Å²) in [6, 6.07) is 14.8. The number of likely N-dealkylation sites (tertiary alicyclic amines) is 1. The normalized spacial score (nSPS) is 13.9. The largest absolute Gasteiger partial charge is 0.491 e. The molecule has 3 rings (SSSR count). The minimum absolute atomic E-state index is 0.359. The van der Waals surface area contributed by atoms with Gasteiger partial charge >= 0.3 is 11.9 Å². The lowest BCUT2D eigenvalue weighted by molar-refractivity contribution is 0.0586. The number of para-hydroxylation sites is 2. The fraction of sp³-hybridized carbons (Fsp3) is 0.481. The van der Waals surface area contributed by atoms with Crippen molar-refractivity contribution >= 4 is 23.5 Å². The van der Waals surface area contributed by atoms with Crippen molar-refractivity contribution in [3.05, 3.63) is 59.7 Å². The molecular weight excluding hydrogens is 484 g/mol. The highest BCUT2D eigenvalue weighted by Gasteiger charge is 2.20. The van der Waals surface area contributed by atoms with Crippen LogP contribution < -0.4 is 9.47 Å². The van der Waals surface area contributed by atoms with Gasteiger partial charge in [-0.2, -0.15) is 0 Å². The molecule has 198 valence electrons. The minimum atomic E-state index is -0.407. The smallest absolute Gasteiger partial charge is 0.341 e. The molecule has 0 N–H and O–H groups in total. The summed E-state index contributed by atoms with van der Waals surface area (Å²) >= 11 is 5.48. The average molecular weight is 521 g/mol. The number of methoxy groups -OCH3 is 2. The van der Waals surface area contributed by atoms with Crippen LogP contribution in [0.3, 0.4) is 0 Å². The Kier molecular flexibility index (Phi) is 13.1. The maximum Gasteiger partial charge on any atom is 0.341 e. The molecule has 0 amide bonds. The number of carbonyl (C=O) groups excluding carboxylic acids is 2. The number of rotatable bonds is 10. The molecule has 2 aromatic rings. The Hall–Kier alpha value is -2.81. The Morgan fingerprint density at radius 3 is 1.78 bits per heavy atom. The number of benzene rings is 2. The van der Waals surface area contributed by atoms with Crippen molar-refractivity contribution in [2.45, 2.75) is 18.9 Å². The first-order chi connectivity index (χ1) is 17.4. The number of hydrogen-bond acceptors (Lipinski definition) is 8. The number of halogens is 1. The quantitative estimate of drug-likeness (QED) is 0.344. The van der Waals surface area contributed by atoms with Crippen molar-refractivity contribution < 1.29 is 28.5 Å². The van der Waals surface area contributed by atoms with E-state index in [1.54, 1.807) is 30.3 Å². The molecule has 2 aromatic carbocycles. The summed E-state index contributed by atoms with van der Waals surface area (Å²) in [5, 5.41) is 0. The van der Waals surface area contributed by atoms with Crippen LogP contribution in [0.4, 0.5) is 0 Å². The van der Waals surface area contributed by atoms with E-state index in [1.807, 2.05) is 18.2 Å². The lowest BCUT2D eigenvalue weighted by atomic mass is 10.0. The Morgan fingerprint density at radius 1 is 0.861 bits per heavy atom. The highest BCUT2D eigenvalue weighted by Crippen LogP contribution is 2.20. The van der Waals surface area contributed by atoms with Gasteiger partial charge in [0.25, 0.3) is 0 Å². The topological polar surface area (TPSA) is 77.5 Å². The predicted molar refractivity (Wildman–Crippen MR) is 140 cm³/mol. The zero-order valence-corrected chi connectivity index (χ0v) is 22.3. The highest BCUT2D eigenvalue weighted by atomic mass is 35.5. The van der Waals surface area contributed by atoms with Gasteiger partial charge in [-0.05, 0) is 64.3 Å². The van der Waals surface area contributed by atoms with Crippen LogP contribution in [0.5, 0.6) is 11.5 Å². The standard InChI is InChI=1S/C17H26N2O3.C10H11ClO3/c1-18(2)14-8-10-19(11-9-14)12-13-22-16-7-5-4-6-15(16)17(20)21-3;1-13-10(12)8-4-2-3-5-9(8)14-7-6-11/h4-7,14H,8-13H2,1-3H3;2-5H,6-7H2,1H3. The Balaban J connectivity index is 0.000000281. The third-order valence-corrected chi connectivity index (χ3v) is 6.03. The Labute approximate surface area is 219 Å². The van der Waals surface area contributed by atoms with Crippen LogP contribution in [-0.4, -0.2) is 94.8 Å². The first-order valence-corrected chi connectivity index (χ1v) is 12.5. The molecule has 8 nitrogen and oxygen atoms in total. The molecule has 1 aliphatic rings. The monoisotopic (exact) mass is 520 g/mol. The van der Waals surface area contributed by atoms with E-state index in [0.29, 0.717) is 47.8 Å². The van der Waals surface area contributed by atoms with Crippen LogP contribution in [0, 0.1) is 0 Å². The molecule has 1 saturated heterocycles. The van der Waals surface area contributed by atoms with E-state index < -0.39 is 5.97 Å². The maximum absolute atomic E-state index is 11.7. The van der Waals surface area contributed by atoms with Crippen LogP contribution in [0.2, 0.25) is 0 Å². The second kappa shape index (κ2) is 16.0. The van der Waals surface area contributed by atoms with Crippen LogP contribution in [-0.2, 0) is 9.47 Å². The van der Waals surface area contributed by atoms with Gasteiger partial charge in [-0.25, -0.2) is 9.59 Å². The van der Waals surface area contributed by atoms with Crippen molar-refractivity contribution in [1.29, 1.82) is 0 Å². The average Bonchev–Trinajstić information content (AvgIpc) is 2.92. The first kappa shape index (κ1) is 29.4. The Morgan fingerprint density at radius 2 is 1.33 bits per heavy atom. The Bertz CT molecular complexity index is 947. The van der Waals surface area contributed by atoms with Crippen LogP contribution in [0.1, 0.15) is 33.6 Å². The third kappa shape index (κ3) is 9.33. The van der Waals surface area contributed by atoms with Gasteiger partial charge in [-0.15, -0.1) is 11.6 Å². The molecule has 1 heterocycles. The van der Waals surface area contributed by atoms with Gasteiger partial charge in [-0.3, -0.25) is 4.90 Å². The molecule has 0 atom stereocenters. The van der Waals surface area contributed by atoms with Gasteiger partial charge in [0.15, 0.2) is 0 Å². The zero-order valence-electron chi connectivity index (χ0n) is 21.6. The molecule has 0 saturated carbocycles. The number of carbonyl (C=O) groups is 2. The summed E-state index contributed by atoms with van der Waals surface area (Å²) in [7, 11) is 7.01. The van der Waals surface area contributed by atoms with Crippen LogP contribution >= 0.6 is 11.6 Å². The molecule has 1 fully saturated rings. The van der Waals surface area contributed by atoms with Gasteiger partial charge in [0.05, 0.1) is 20.1 Å². The number of alkyl halides is 1. The molecule has 0 radical (unpaired) electrons. The van der Waals surface area contributed by atoms with Gasteiger partial charge in [0.1, 0.15) is 35.8 Å². The summed E-state index contributed by atoms with van der Waals surface area (Å²) < 4.78 is 20.4. The molecule has 0 aromatic heterocycles. The molecule has 9 heteroatoms. The highest BCUT2D eigenvalue weighted by molar-refractivity contribution is 6.18.